The van der Waals surface area contributed by atoms with E-state index in [4.69, 9.17) is 9.97 Å². The van der Waals surface area contributed by atoms with E-state index in [-0.39, 0.29) is 11.7 Å². The van der Waals surface area contributed by atoms with Gasteiger partial charge in [0, 0.05) is 28.5 Å². The first kappa shape index (κ1) is 18.8. The van der Waals surface area contributed by atoms with Gasteiger partial charge in [0.15, 0.2) is 0 Å². The molecule has 0 saturated heterocycles. The smallest absolute Gasteiger partial charge is 0.144 e. The maximum Gasteiger partial charge on any atom is 0.144 e. The van der Waals surface area contributed by atoms with Gasteiger partial charge >= 0.3 is 0 Å². The number of fused-ring (bicyclic) bond motifs is 8. The summed E-state index contributed by atoms with van der Waals surface area (Å²) in [6.07, 6.45) is 13.6. The highest BCUT2D eigenvalue weighted by molar-refractivity contribution is 5.93. The summed E-state index contributed by atoms with van der Waals surface area (Å²) < 4.78 is 0. The van der Waals surface area contributed by atoms with Crippen molar-refractivity contribution < 1.29 is 4.79 Å². The number of rotatable bonds is 1. The Morgan fingerprint density at radius 2 is 1.41 bits per heavy atom. The Bertz CT molecular complexity index is 1510. The van der Waals surface area contributed by atoms with Crippen LogP contribution < -0.4 is 0 Å². The van der Waals surface area contributed by atoms with E-state index in [0.717, 1.165) is 62.4 Å². The number of aromatic nitrogens is 4. The highest BCUT2D eigenvalue weighted by Crippen LogP contribution is 2.33. The highest BCUT2D eigenvalue weighted by atomic mass is 16.1. The minimum absolute atomic E-state index is 0.231. The van der Waals surface area contributed by atoms with Crippen molar-refractivity contribution in [1.82, 2.24) is 19.9 Å². The fraction of sp³-hybridized carbons (Fsp3) is 0.148. The molecule has 8 bridgehead atoms. The summed E-state index contributed by atoms with van der Waals surface area (Å²) >= 11 is 0. The molecule has 5 heterocycles. The van der Waals surface area contributed by atoms with Crippen molar-refractivity contribution in [2.24, 2.45) is 0 Å². The lowest BCUT2D eigenvalue weighted by Crippen LogP contribution is -2.13. The molecule has 0 saturated carbocycles. The summed E-state index contributed by atoms with van der Waals surface area (Å²) in [6, 6.07) is 12.2. The van der Waals surface area contributed by atoms with E-state index >= 15 is 0 Å². The number of aryl methyl sites for hydroxylation is 1. The summed E-state index contributed by atoms with van der Waals surface area (Å²) in [7, 11) is 0. The maximum absolute atomic E-state index is 12.8. The summed E-state index contributed by atoms with van der Waals surface area (Å²) in [5, 5.41) is 0. The second-order valence-corrected chi connectivity index (χ2v) is 8.44. The molecule has 5 nitrogen and oxygen atoms in total. The van der Waals surface area contributed by atoms with Crippen molar-refractivity contribution in [2.45, 2.75) is 25.7 Å². The number of carbonyl (C=O) groups excluding carboxylic acids is 1. The number of Topliss-reactive ketones (excluding diaryl/α,β-unsaturated/α-hetero) is 1. The molecule has 0 fully saturated rings. The highest BCUT2D eigenvalue weighted by Gasteiger charge is 2.25. The standard InChI is InChI=1S/C27H22N4O/c1-16-24-14-21-10-8-19(29-21)12-17-6-7-18(28-17)13-20-9-11-22(30-20)15-25(31-24)27(16)23-4-2-3-5-26(23)32/h2,4,6-15,23,28,31H,3,5H2,1H3. The largest absolute Gasteiger partial charge is 0.355 e. The molecule has 3 aromatic rings. The van der Waals surface area contributed by atoms with E-state index < -0.39 is 0 Å². The zero-order chi connectivity index (χ0) is 21.7. The molecule has 0 radical (unpaired) electrons. The average Bonchev–Trinajstić information content (AvgIpc) is 3.55. The number of ketones is 1. The van der Waals surface area contributed by atoms with Crippen LogP contribution in [0.3, 0.4) is 0 Å². The topological polar surface area (TPSA) is 74.4 Å². The van der Waals surface area contributed by atoms with Crippen LogP contribution in [0.1, 0.15) is 52.7 Å². The number of hydrogen-bond donors (Lipinski definition) is 2. The monoisotopic (exact) mass is 418 g/mol. The van der Waals surface area contributed by atoms with E-state index in [1.807, 2.05) is 66.8 Å². The first-order chi connectivity index (χ1) is 15.6. The molecular formula is C27H22N4O. The normalized spacial score (nSPS) is 17.3. The summed E-state index contributed by atoms with van der Waals surface area (Å²) in [5.41, 5.74) is 9.50. The summed E-state index contributed by atoms with van der Waals surface area (Å²) in [4.78, 5) is 29.2. The lowest BCUT2D eigenvalue weighted by atomic mass is 9.86. The van der Waals surface area contributed by atoms with Crippen LogP contribution in [0.15, 0.2) is 48.6 Å². The Balaban J connectivity index is 1.69. The number of aromatic amines is 2. The SMILES string of the molecule is Cc1c(C2C=CCCC2=O)c2cc3nc(cc4ccc(cc5nc(cc1[nH]2)C=C5)[nH]4)C=C3. The van der Waals surface area contributed by atoms with Crippen LogP contribution in [0, 0.1) is 6.92 Å². The molecule has 5 heteroatoms. The molecule has 32 heavy (non-hydrogen) atoms. The van der Waals surface area contributed by atoms with Crippen molar-refractivity contribution in [3.05, 3.63) is 82.5 Å². The van der Waals surface area contributed by atoms with Gasteiger partial charge in [0.1, 0.15) is 5.78 Å². The number of H-pyrrole nitrogens is 2. The Morgan fingerprint density at radius 3 is 2.03 bits per heavy atom. The number of hydrogen-bond acceptors (Lipinski definition) is 3. The number of allylic oxidation sites excluding steroid dienone is 2. The van der Waals surface area contributed by atoms with Crippen molar-refractivity contribution >= 4 is 52.2 Å². The zero-order valence-corrected chi connectivity index (χ0v) is 17.7. The molecule has 1 atom stereocenters. The lowest BCUT2D eigenvalue weighted by Gasteiger charge is -2.15. The molecule has 0 aromatic carbocycles. The second kappa shape index (κ2) is 7.31. The minimum Gasteiger partial charge on any atom is -0.355 e. The van der Waals surface area contributed by atoms with Gasteiger partial charge in [-0.15, -0.1) is 0 Å². The van der Waals surface area contributed by atoms with Gasteiger partial charge in [-0.3, -0.25) is 4.79 Å². The molecule has 1 aliphatic carbocycles. The number of nitrogens with one attached hydrogen (secondary N) is 2. The second-order valence-electron chi connectivity index (χ2n) is 8.44. The molecule has 2 N–H and O–H groups in total. The van der Waals surface area contributed by atoms with E-state index in [9.17, 15) is 4.79 Å². The predicted octanol–water partition coefficient (Wildman–Crippen LogP) is 5.97. The van der Waals surface area contributed by atoms with Crippen molar-refractivity contribution in [2.75, 3.05) is 0 Å². The molecule has 0 amide bonds. The Labute approximate surface area is 185 Å². The Kier molecular flexibility index (Phi) is 4.28. The molecule has 0 spiro atoms. The molecule has 2 aliphatic heterocycles. The molecular weight excluding hydrogens is 396 g/mol. The van der Waals surface area contributed by atoms with Gasteiger partial charge in [-0.1, -0.05) is 12.2 Å². The number of nitrogens with zero attached hydrogens (tertiary/aromatic N) is 2. The van der Waals surface area contributed by atoms with Crippen LogP contribution in [-0.4, -0.2) is 25.7 Å². The zero-order valence-electron chi connectivity index (χ0n) is 17.7. The van der Waals surface area contributed by atoms with E-state index in [2.05, 4.69) is 23.0 Å². The minimum atomic E-state index is -0.231. The van der Waals surface area contributed by atoms with Gasteiger partial charge < -0.3 is 9.97 Å². The van der Waals surface area contributed by atoms with Crippen LogP contribution in [0.25, 0.3) is 46.4 Å². The predicted molar refractivity (Wildman–Crippen MR) is 130 cm³/mol. The molecule has 1 unspecified atom stereocenters. The molecule has 156 valence electrons. The Hall–Kier alpha value is -3.99. The van der Waals surface area contributed by atoms with Gasteiger partial charge in [0.05, 0.1) is 28.7 Å². The van der Waals surface area contributed by atoms with Gasteiger partial charge in [-0.2, -0.15) is 0 Å². The van der Waals surface area contributed by atoms with Crippen LogP contribution in [0.5, 0.6) is 0 Å². The third kappa shape index (κ3) is 3.32. The molecule has 3 aliphatic rings. The van der Waals surface area contributed by atoms with Crippen LogP contribution in [0.2, 0.25) is 0 Å². The van der Waals surface area contributed by atoms with Crippen LogP contribution in [0.4, 0.5) is 0 Å². The van der Waals surface area contributed by atoms with E-state index in [0.29, 0.717) is 6.42 Å². The van der Waals surface area contributed by atoms with Gasteiger partial charge in [0.2, 0.25) is 0 Å². The third-order valence-electron chi connectivity index (χ3n) is 6.20. The molecule has 6 rings (SSSR count). The number of carbonyl (C=O) groups is 1. The molecule has 3 aromatic heterocycles. The fourth-order valence-electron chi connectivity index (χ4n) is 4.61. The lowest BCUT2D eigenvalue weighted by molar-refractivity contribution is -0.119. The Morgan fingerprint density at radius 1 is 0.812 bits per heavy atom. The first-order valence-electron chi connectivity index (χ1n) is 10.9. The summed E-state index contributed by atoms with van der Waals surface area (Å²) in [5.74, 6) is 0.0295. The first-order valence-corrected chi connectivity index (χ1v) is 10.9. The van der Waals surface area contributed by atoms with Crippen molar-refractivity contribution in [1.29, 1.82) is 0 Å². The third-order valence-corrected chi connectivity index (χ3v) is 6.20. The van der Waals surface area contributed by atoms with Crippen molar-refractivity contribution in [3.63, 3.8) is 0 Å². The van der Waals surface area contributed by atoms with Gasteiger partial charge in [-0.25, -0.2) is 9.97 Å². The van der Waals surface area contributed by atoms with E-state index in [1.54, 1.807) is 0 Å². The van der Waals surface area contributed by atoms with Crippen LogP contribution in [-0.2, 0) is 4.79 Å². The van der Waals surface area contributed by atoms with Gasteiger partial charge in [0.25, 0.3) is 0 Å². The van der Waals surface area contributed by atoms with E-state index in [1.165, 1.54) is 0 Å². The van der Waals surface area contributed by atoms with Crippen molar-refractivity contribution in [3.8, 4) is 0 Å². The quantitative estimate of drug-likeness (QED) is 0.330. The maximum atomic E-state index is 12.8. The summed E-state index contributed by atoms with van der Waals surface area (Å²) in [6.45, 7) is 2.08. The van der Waals surface area contributed by atoms with Crippen LogP contribution >= 0.6 is 0 Å². The van der Waals surface area contributed by atoms with Gasteiger partial charge in [-0.05, 0) is 85.2 Å². The average molecular weight is 419 g/mol. The fourth-order valence-corrected chi connectivity index (χ4v) is 4.61.